The first-order valence-corrected chi connectivity index (χ1v) is 8.39. The van der Waals surface area contributed by atoms with Gasteiger partial charge >= 0.3 is 0 Å². The highest BCUT2D eigenvalue weighted by atomic mass is 16.5. The summed E-state index contributed by atoms with van der Waals surface area (Å²) in [5.41, 5.74) is 6.99. The molecule has 26 heavy (non-hydrogen) atoms. The van der Waals surface area contributed by atoms with E-state index in [0.29, 0.717) is 23.2 Å². The third-order valence-corrected chi connectivity index (χ3v) is 4.01. The molecule has 0 aliphatic rings. The molecule has 0 bridgehead atoms. The van der Waals surface area contributed by atoms with Gasteiger partial charge in [0.25, 0.3) is 0 Å². The predicted octanol–water partition coefficient (Wildman–Crippen LogP) is 2.26. The molecule has 1 unspecified atom stereocenters. The van der Waals surface area contributed by atoms with E-state index >= 15 is 0 Å². The molecule has 0 aliphatic carbocycles. The maximum absolute atomic E-state index is 12.5. The van der Waals surface area contributed by atoms with Gasteiger partial charge < -0.3 is 24.6 Å². The van der Waals surface area contributed by atoms with Crippen LogP contribution in [0.1, 0.15) is 49.5 Å². The van der Waals surface area contributed by atoms with Crippen molar-refractivity contribution in [1.29, 1.82) is 0 Å². The van der Waals surface area contributed by atoms with Crippen molar-refractivity contribution in [2.45, 2.75) is 38.8 Å². The maximum Gasteiger partial charge on any atom is 0.229 e. The van der Waals surface area contributed by atoms with Crippen LogP contribution in [-0.4, -0.2) is 42.2 Å². The van der Waals surface area contributed by atoms with Crippen LogP contribution >= 0.6 is 0 Å². The van der Waals surface area contributed by atoms with Gasteiger partial charge in [0.05, 0.1) is 20.8 Å². The first kappa shape index (κ1) is 19.7. The fraction of sp³-hybridized carbons (Fsp3) is 0.500. The van der Waals surface area contributed by atoms with Crippen molar-refractivity contribution in [3.05, 3.63) is 35.5 Å². The van der Waals surface area contributed by atoms with Crippen LogP contribution in [0.15, 0.2) is 22.7 Å². The van der Waals surface area contributed by atoms with E-state index in [2.05, 4.69) is 10.1 Å². The van der Waals surface area contributed by atoms with Gasteiger partial charge in [0.1, 0.15) is 0 Å². The third kappa shape index (κ3) is 4.72. The van der Waals surface area contributed by atoms with Gasteiger partial charge in [0.15, 0.2) is 17.3 Å². The van der Waals surface area contributed by atoms with Crippen molar-refractivity contribution in [1.82, 2.24) is 15.0 Å². The lowest BCUT2D eigenvalue weighted by Gasteiger charge is -2.19. The van der Waals surface area contributed by atoms with Gasteiger partial charge in [-0.05, 0) is 17.7 Å². The number of rotatable bonds is 8. The molecule has 1 aromatic carbocycles. The number of benzene rings is 1. The van der Waals surface area contributed by atoms with Crippen LogP contribution < -0.4 is 15.2 Å². The minimum atomic E-state index is -0.457. The lowest BCUT2D eigenvalue weighted by Crippen LogP contribution is -2.30. The number of carbonyl (C=O) groups is 1. The number of hydrogen-bond donors (Lipinski definition) is 1. The summed E-state index contributed by atoms with van der Waals surface area (Å²) < 4.78 is 15.6. The Labute approximate surface area is 153 Å². The highest BCUT2D eigenvalue weighted by molar-refractivity contribution is 5.76. The van der Waals surface area contributed by atoms with Crippen molar-refractivity contribution in [2.24, 2.45) is 5.73 Å². The Morgan fingerprint density at radius 1 is 1.27 bits per heavy atom. The average Bonchev–Trinajstić information content (AvgIpc) is 3.09. The molecule has 0 saturated carbocycles. The van der Waals surface area contributed by atoms with Gasteiger partial charge in [-0.1, -0.05) is 25.1 Å². The number of carbonyl (C=O) groups excluding carboxylic acids is 1. The molecule has 2 N–H and O–H groups in total. The zero-order valence-corrected chi connectivity index (χ0v) is 15.9. The van der Waals surface area contributed by atoms with Crippen molar-refractivity contribution in [3.63, 3.8) is 0 Å². The second-order valence-corrected chi connectivity index (χ2v) is 6.38. The Bertz CT molecular complexity index is 745. The Hall–Kier alpha value is -2.61. The van der Waals surface area contributed by atoms with Crippen LogP contribution in [0.2, 0.25) is 0 Å². The van der Waals surface area contributed by atoms with E-state index in [1.807, 2.05) is 19.9 Å². The van der Waals surface area contributed by atoms with Gasteiger partial charge in [-0.2, -0.15) is 4.98 Å². The molecule has 0 radical (unpaired) electrons. The quantitative estimate of drug-likeness (QED) is 0.768. The second kappa shape index (κ2) is 8.66. The molecular formula is C18H26N4O4. The van der Waals surface area contributed by atoms with E-state index in [-0.39, 0.29) is 24.8 Å². The maximum atomic E-state index is 12.5. The Kier molecular flexibility index (Phi) is 6.57. The van der Waals surface area contributed by atoms with E-state index in [1.165, 1.54) is 4.90 Å². The molecule has 8 nitrogen and oxygen atoms in total. The van der Waals surface area contributed by atoms with Gasteiger partial charge in [0, 0.05) is 25.4 Å². The molecule has 0 spiro atoms. The molecule has 8 heteroatoms. The van der Waals surface area contributed by atoms with Crippen LogP contribution in [0.5, 0.6) is 11.5 Å². The monoisotopic (exact) mass is 362 g/mol. The summed E-state index contributed by atoms with van der Waals surface area (Å²) in [4.78, 5) is 18.3. The molecular weight excluding hydrogens is 336 g/mol. The first-order valence-electron chi connectivity index (χ1n) is 8.39. The topological polar surface area (TPSA) is 104 Å². The summed E-state index contributed by atoms with van der Waals surface area (Å²) in [6.45, 7) is 4.20. The van der Waals surface area contributed by atoms with E-state index in [0.717, 1.165) is 5.56 Å². The average molecular weight is 362 g/mol. The molecule has 1 amide bonds. The van der Waals surface area contributed by atoms with Crippen LogP contribution in [-0.2, 0) is 11.3 Å². The van der Waals surface area contributed by atoms with E-state index in [9.17, 15) is 4.79 Å². The Balaban J connectivity index is 1.99. The van der Waals surface area contributed by atoms with Crippen LogP contribution in [0.3, 0.4) is 0 Å². The largest absolute Gasteiger partial charge is 0.493 e. The molecule has 0 aliphatic heterocycles. The van der Waals surface area contributed by atoms with E-state index < -0.39 is 6.04 Å². The van der Waals surface area contributed by atoms with E-state index in [1.54, 1.807) is 33.4 Å². The van der Waals surface area contributed by atoms with Gasteiger partial charge in [0.2, 0.25) is 11.8 Å². The third-order valence-electron chi connectivity index (χ3n) is 4.01. The molecule has 2 aromatic rings. The highest BCUT2D eigenvalue weighted by Gasteiger charge is 2.19. The fourth-order valence-corrected chi connectivity index (χ4v) is 2.41. The van der Waals surface area contributed by atoms with Gasteiger partial charge in [-0.25, -0.2) is 0 Å². The molecule has 2 rings (SSSR count). The van der Waals surface area contributed by atoms with Crippen molar-refractivity contribution in [3.8, 4) is 11.5 Å². The standard InChI is InChI=1S/C18H26N4O4/c1-11(2)18-20-16(21-26-18)10-22(3)17(23)9-13(19)12-6-7-14(24-4)15(8-12)25-5/h6-8,11,13H,9-10,19H2,1-5H3. The number of aromatic nitrogens is 2. The zero-order chi connectivity index (χ0) is 19.3. The van der Waals surface area contributed by atoms with Crippen LogP contribution in [0, 0.1) is 0 Å². The van der Waals surface area contributed by atoms with Gasteiger partial charge in [-0.15, -0.1) is 0 Å². The Morgan fingerprint density at radius 2 is 1.96 bits per heavy atom. The summed E-state index contributed by atoms with van der Waals surface area (Å²) in [5, 5.41) is 3.90. The SMILES string of the molecule is COc1ccc(C(N)CC(=O)N(C)Cc2noc(C(C)C)n2)cc1OC. The van der Waals surface area contributed by atoms with Crippen LogP contribution in [0.25, 0.3) is 0 Å². The minimum absolute atomic E-state index is 0.108. The van der Waals surface area contributed by atoms with Crippen LogP contribution in [0.4, 0.5) is 0 Å². The number of hydrogen-bond acceptors (Lipinski definition) is 7. The summed E-state index contributed by atoms with van der Waals surface area (Å²) in [6.07, 6.45) is 0.154. The molecule has 0 saturated heterocycles. The fourth-order valence-electron chi connectivity index (χ4n) is 2.41. The molecule has 142 valence electrons. The molecule has 0 fully saturated rings. The Morgan fingerprint density at radius 3 is 2.54 bits per heavy atom. The lowest BCUT2D eigenvalue weighted by atomic mass is 10.0. The van der Waals surface area contributed by atoms with E-state index in [4.69, 9.17) is 19.7 Å². The van der Waals surface area contributed by atoms with Crippen molar-refractivity contribution < 1.29 is 18.8 Å². The smallest absolute Gasteiger partial charge is 0.229 e. The summed E-state index contributed by atoms with van der Waals surface area (Å²) >= 11 is 0. The number of nitrogens with two attached hydrogens (primary N) is 1. The predicted molar refractivity (Wildman–Crippen MR) is 96.0 cm³/mol. The first-order chi connectivity index (χ1) is 12.3. The zero-order valence-electron chi connectivity index (χ0n) is 15.9. The number of amides is 1. The van der Waals surface area contributed by atoms with Crippen molar-refractivity contribution in [2.75, 3.05) is 21.3 Å². The molecule has 1 heterocycles. The number of methoxy groups -OCH3 is 2. The minimum Gasteiger partial charge on any atom is -0.493 e. The summed E-state index contributed by atoms with van der Waals surface area (Å²) in [5.74, 6) is 2.27. The molecule has 1 aromatic heterocycles. The van der Waals surface area contributed by atoms with Crippen molar-refractivity contribution >= 4 is 5.91 Å². The normalized spacial score (nSPS) is 12.1. The number of ether oxygens (including phenoxy) is 2. The highest BCUT2D eigenvalue weighted by Crippen LogP contribution is 2.30. The molecule has 1 atom stereocenters. The second-order valence-electron chi connectivity index (χ2n) is 6.38. The van der Waals surface area contributed by atoms with Gasteiger partial charge in [-0.3, -0.25) is 4.79 Å². The lowest BCUT2D eigenvalue weighted by molar-refractivity contribution is -0.130. The summed E-state index contributed by atoms with van der Waals surface area (Å²) in [6, 6.07) is 4.93. The number of nitrogens with zero attached hydrogens (tertiary/aromatic N) is 3. The summed E-state index contributed by atoms with van der Waals surface area (Å²) in [7, 11) is 4.82.